The Morgan fingerprint density at radius 1 is 1.20 bits per heavy atom. The van der Waals surface area contributed by atoms with Crippen LogP contribution < -0.4 is 11.2 Å². The number of pyridine rings is 1. The molecular weight excluding hydrogens is 386 g/mol. The Labute approximate surface area is 172 Å². The van der Waals surface area contributed by atoms with E-state index >= 15 is 0 Å². The van der Waals surface area contributed by atoms with Gasteiger partial charge in [0.05, 0.1) is 36.9 Å². The highest BCUT2D eigenvalue weighted by Crippen LogP contribution is 2.27. The molecule has 156 valence electrons. The van der Waals surface area contributed by atoms with Gasteiger partial charge in [-0.1, -0.05) is 30.3 Å². The minimum absolute atomic E-state index is 0.0935. The van der Waals surface area contributed by atoms with Gasteiger partial charge in [0, 0.05) is 12.0 Å². The minimum Gasteiger partial charge on any atom is -0.468 e. The minimum atomic E-state index is -0.597. The highest BCUT2D eigenvalue weighted by atomic mass is 16.5. The summed E-state index contributed by atoms with van der Waals surface area (Å²) >= 11 is 0. The van der Waals surface area contributed by atoms with Crippen LogP contribution in [0.2, 0.25) is 0 Å². The number of ether oxygens (including phenoxy) is 2. The van der Waals surface area contributed by atoms with Crippen LogP contribution in [0.25, 0.3) is 11.0 Å². The molecule has 8 nitrogen and oxygen atoms in total. The summed E-state index contributed by atoms with van der Waals surface area (Å²) in [6.45, 7) is 4.02. The van der Waals surface area contributed by atoms with Gasteiger partial charge in [-0.2, -0.15) is 0 Å². The van der Waals surface area contributed by atoms with Crippen LogP contribution in [-0.2, 0) is 40.4 Å². The van der Waals surface area contributed by atoms with Gasteiger partial charge in [0.1, 0.15) is 12.2 Å². The van der Waals surface area contributed by atoms with Gasteiger partial charge in [0.25, 0.3) is 5.56 Å². The van der Waals surface area contributed by atoms with E-state index in [0.29, 0.717) is 13.0 Å². The predicted octanol–water partition coefficient (Wildman–Crippen LogP) is 1.63. The second-order valence-corrected chi connectivity index (χ2v) is 8.01. The molecule has 30 heavy (non-hydrogen) atoms. The van der Waals surface area contributed by atoms with Crippen molar-refractivity contribution in [2.24, 2.45) is 0 Å². The third kappa shape index (κ3) is 3.66. The van der Waals surface area contributed by atoms with Gasteiger partial charge in [-0.25, -0.2) is 9.78 Å². The van der Waals surface area contributed by atoms with E-state index < -0.39 is 22.8 Å². The van der Waals surface area contributed by atoms with E-state index in [2.05, 4.69) is 4.98 Å². The Morgan fingerprint density at radius 2 is 1.93 bits per heavy atom. The van der Waals surface area contributed by atoms with E-state index in [0.717, 1.165) is 21.4 Å². The van der Waals surface area contributed by atoms with E-state index in [9.17, 15) is 14.4 Å². The van der Waals surface area contributed by atoms with E-state index in [-0.39, 0.29) is 24.1 Å². The lowest BCUT2D eigenvalue weighted by molar-refractivity contribution is -0.141. The van der Waals surface area contributed by atoms with Gasteiger partial charge >= 0.3 is 11.7 Å². The van der Waals surface area contributed by atoms with Crippen LogP contribution in [0.5, 0.6) is 0 Å². The average molecular weight is 409 g/mol. The molecule has 0 N–H and O–H groups in total. The second-order valence-electron chi connectivity index (χ2n) is 8.01. The molecule has 0 atom stereocenters. The predicted molar refractivity (Wildman–Crippen MR) is 110 cm³/mol. The van der Waals surface area contributed by atoms with E-state index in [1.54, 1.807) is 6.07 Å². The summed E-state index contributed by atoms with van der Waals surface area (Å²) in [5, 5.41) is 0.275. The fourth-order valence-corrected chi connectivity index (χ4v) is 3.66. The van der Waals surface area contributed by atoms with Crippen molar-refractivity contribution in [3.05, 3.63) is 74.1 Å². The molecule has 0 unspecified atom stereocenters. The quantitative estimate of drug-likeness (QED) is 0.608. The largest absolute Gasteiger partial charge is 0.468 e. The zero-order valence-electron chi connectivity index (χ0n) is 17.2. The van der Waals surface area contributed by atoms with Gasteiger partial charge in [0.15, 0.2) is 0 Å². The van der Waals surface area contributed by atoms with Gasteiger partial charge in [-0.3, -0.25) is 18.7 Å². The van der Waals surface area contributed by atoms with Crippen molar-refractivity contribution in [1.29, 1.82) is 0 Å². The lowest BCUT2D eigenvalue weighted by Crippen LogP contribution is -2.42. The van der Waals surface area contributed by atoms with Crippen LogP contribution in [0, 0.1) is 0 Å². The third-order valence-corrected chi connectivity index (χ3v) is 5.27. The number of nitrogens with zero attached hydrogens (tertiary/aromatic N) is 3. The first-order valence-corrected chi connectivity index (χ1v) is 9.70. The number of hydrogen-bond donors (Lipinski definition) is 0. The van der Waals surface area contributed by atoms with Gasteiger partial charge < -0.3 is 9.47 Å². The summed E-state index contributed by atoms with van der Waals surface area (Å²) in [6, 6.07) is 10.9. The number of hydrogen-bond acceptors (Lipinski definition) is 6. The fourth-order valence-electron chi connectivity index (χ4n) is 3.66. The maximum Gasteiger partial charge on any atom is 0.333 e. The Balaban J connectivity index is 1.96. The van der Waals surface area contributed by atoms with Crippen molar-refractivity contribution < 1.29 is 14.3 Å². The molecule has 0 saturated heterocycles. The lowest BCUT2D eigenvalue weighted by Gasteiger charge is -2.31. The molecule has 3 aromatic rings. The number of rotatable bonds is 4. The van der Waals surface area contributed by atoms with Crippen LogP contribution in [0.4, 0.5) is 0 Å². The van der Waals surface area contributed by atoms with Crippen LogP contribution in [0.3, 0.4) is 0 Å². The summed E-state index contributed by atoms with van der Waals surface area (Å²) in [5.41, 5.74) is 1.13. The summed E-state index contributed by atoms with van der Waals surface area (Å²) < 4.78 is 13.0. The van der Waals surface area contributed by atoms with Crippen molar-refractivity contribution in [1.82, 2.24) is 14.1 Å². The first-order chi connectivity index (χ1) is 14.3. The Morgan fingerprint density at radius 3 is 2.63 bits per heavy atom. The molecular formula is C22H23N3O5. The number of methoxy groups -OCH3 is 1. The molecule has 0 fully saturated rings. The number of aromatic nitrogens is 3. The highest BCUT2D eigenvalue weighted by molar-refractivity contribution is 5.78. The van der Waals surface area contributed by atoms with Crippen molar-refractivity contribution >= 4 is 17.0 Å². The highest BCUT2D eigenvalue weighted by Gasteiger charge is 2.29. The van der Waals surface area contributed by atoms with Crippen LogP contribution in [-0.4, -0.2) is 32.8 Å². The van der Waals surface area contributed by atoms with E-state index in [4.69, 9.17) is 9.47 Å². The monoisotopic (exact) mass is 409 g/mol. The molecule has 1 aromatic carbocycles. The zero-order chi connectivity index (χ0) is 21.5. The number of carbonyl (C=O) groups is 1. The van der Waals surface area contributed by atoms with Crippen molar-refractivity contribution in [2.45, 2.75) is 45.6 Å². The molecule has 0 bridgehead atoms. The second kappa shape index (κ2) is 7.53. The normalized spacial score (nSPS) is 15.0. The molecule has 8 heteroatoms. The molecule has 0 radical (unpaired) electrons. The maximum atomic E-state index is 13.2. The summed E-state index contributed by atoms with van der Waals surface area (Å²) in [4.78, 5) is 43.1. The summed E-state index contributed by atoms with van der Waals surface area (Å²) in [5.74, 6) is -0.591. The molecule has 1 aliphatic rings. The van der Waals surface area contributed by atoms with E-state index in [1.807, 2.05) is 44.2 Å². The molecule has 4 rings (SSSR count). The average Bonchev–Trinajstić information content (AvgIpc) is 2.73. The Hall–Kier alpha value is -3.26. The smallest absolute Gasteiger partial charge is 0.333 e. The van der Waals surface area contributed by atoms with Crippen LogP contribution in [0.15, 0.2) is 46.0 Å². The Kier molecular flexibility index (Phi) is 5.03. The molecule has 0 aliphatic carbocycles. The molecule has 0 spiro atoms. The van der Waals surface area contributed by atoms with Crippen molar-refractivity contribution in [2.75, 3.05) is 7.11 Å². The first kappa shape index (κ1) is 20.0. The van der Waals surface area contributed by atoms with Crippen molar-refractivity contribution in [3.8, 4) is 0 Å². The molecule has 1 aliphatic heterocycles. The Bertz CT molecular complexity index is 1240. The fraction of sp³-hybridized carbons (Fsp3) is 0.364. The standard InChI is InChI=1S/C22H23N3O5/c1-22(2)10-17-15(13-30-22)9-16-19(23-17)24(12-18(26)29-3)21(28)25(20(16)27)11-14-7-5-4-6-8-14/h4-9H,10-13H2,1-3H3. The number of carbonyl (C=O) groups excluding carboxylic acids is 1. The topological polar surface area (TPSA) is 92.4 Å². The third-order valence-electron chi connectivity index (χ3n) is 5.27. The number of fused-ring (bicyclic) bond motifs is 2. The van der Waals surface area contributed by atoms with Gasteiger partial charge in [-0.05, 0) is 25.5 Å². The van der Waals surface area contributed by atoms with E-state index in [1.165, 1.54) is 11.7 Å². The molecule has 3 heterocycles. The molecule has 2 aromatic heterocycles. The van der Waals surface area contributed by atoms with Crippen LogP contribution in [0.1, 0.15) is 30.7 Å². The molecule has 0 amide bonds. The van der Waals surface area contributed by atoms with Gasteiger partial charge in [-0.15, -0.1) is 0 Å². The van der Waals surface area contributed by atoms with Crippen molar-refractivity contribution in [3.63, 3.8) is 0 Å². The summed E-state index contributed by atoms with van der Waals surface area (Å²) in [7, 11) is 1.25. The molecule has 0 saturated carbocycles. The number of esters is 1. The summed E-state index contributed by atoms with van der Waals surface area (Å²) in [6.07, 6.45) is 0.539. The zero-order valence-corrected chi connectivity index (χ0v) is 17.2. The first-order valence-electron chi connectivity index (χ1n) is 9.70. The van der Waals surface area contributed by atoms with Crippen LogP contribution >= 0.6 is 0 Å². The SMILES string of the molecule is COC(=O)Cn1c(=O)n(Cc2ccccc2)c(=O)c2cc3c(nc21)CC(C)(C)OC3. The van der Waals surface area contributed by atoms with Gasteiger partial charge in [0.2, 0.25) is 0 Å². The maximum absolute atomic E-state index is 13.2. The number of benzene rings is 1. The lowest BCUT2D eigenvalue weighted by atomic mass is 9.95.